The van der Waals surface area contributed by atoms with Gasteiger partial charge in [-0.2, -0.15) is 9.98 Å². The van der Waals surface area contributed by atoms with Crippen molar-refractivity contribution in [2.75, 3.05) is 17.2 Å². The van der Waals surface area contributed by atoms with E-state index in [0.29, 0.717) is 58.1 Å². The minimum absolute atomic E-state index is 0.188. The van der Waals surface area contributed by atoms with E-state index in [1.807, 2.05) is 6.92 Å². The molecule has 2 atom stereocenters. The summed E-state index contributed by atoms with van der Waals surface area (Å²) in [5.74, 6) is 0.504. The standard InChI is InChI=1S/C46H48N8O10/c1-28-8-14-34(20-39(28)48-26-55)50-42(58)61-37-16-10-32(11-17-37)30(3)53-63-41(57)47-25-46(7)23-36(22-45(5,6)24-46)52-44(60)64-54-31(4)33-12-18-38(19-13-33)62-43(59)51-35-15-9-29(2)40(21-35)49-27-56/h8-21,36H,22-25H2,1-7H3,(H,47,57)(H,50,58)(H,51,59)(H,52,60)/b53-30+,54-31+. The second kappa shape index (κ2) is 21.2. The van der Waals surface area contributed by atoms with Crippen LogP contribution < -0.4 is 30.7 Å². The van der Waals surface area contributed by atoms with E-state index in [1.54, 1.807) is 100 Å². The normalized spacial score (nSPS) is 16.7. The van der Waals surface area contributed by atoms with Gasteiger partial charge in [-0.3, -0.25) is 20.3 Å². The van der Waals surface area contributed by atoms with Crippen LogP contribution in [0.25, 0.3) is 0 Å². The topological polar surface area (TPSA) is 237 Å². The number of carbonyl (C=O) groups excluding carboxylic acids is 6. The fraction of sp³-hybridized carbons (Fsp3) is 0.304. The van der Waals surface area contributed by atoms with E-state index < -0.39 is 29.8 Å². The third kappa shape index (κ3) is 14.1. The molecule has 4 N–H and O–H groups in total. The van der Waals surface area contributed by atoms with Gasteiger partial charge in [0, 0.05) is 24.0 Å². The zero-order valence-electron chi connectivity index (χ0n) is 36.4. The number of rotatable bonds is 13. The van der Waals surface area contributed by atoms with Crippen molar-refractivity contribution in [3.63, 3.8) is 0 Å². The molecule has 1 aliphatic rings. The zero-order valence-corrected chi connectivity index (χ0v) is 36.4. The third-order valence-electron chi connectivity index (χ3n) is 10.2. The Bertz CT molecular complexity index is 2540. The average molecular weight is 873 g/mol. The summed E-state index contributed by atoms with van der Waals surface area (Å²) >= 11 is 0. The molecule has 18 nitrogen and oxygen atoms in total. The van der Waals surface area contributed by atoms with Crippen molar-refractivity contribution < 1.29 is 47.9 Å². The minimum atomic E-state index is -0.751. The van der Waals surface area contributed by atoms with Crippen LogP contribution in [0, 0.1) is 24.7 Å². The predicted molar refractivity (Wildman–Crippen MR) is 238 cm³/mol. The van der Waals surface area contributed by atoms with Gasteiger partial charge in [0.2, 0.25) is 12.2 Å². The van der Waals surface area contributed by atoms with Crippen LogP contribution in [-0.2, 0) is 19.3 Å². The van der Waals surface area contributed by atoms with Gasteiger partial charge in [0.1, 0.15) is 11.5 Å². The highest BCUT2D eigenvalue weighted by molar-refractivity contribution is 5.99. The van der Waals surface area contributed by atoms with Gasteiger partial charge in [0.05, 0.1) is 22.8 Å². The maximum absolute atomic E-state index is 12.9. The number of aryl methyl sites for hydroxylation is 2. The van der Waals surface area contributed by atoms with E-state index in [4.69, 9.17) is 19.1 Å². The van der Waals surface area contributed by atoms with Crippen molar-refractivity contribution >= 4 is 70.7 Å². The Labute approximate surface area is 369 Å². The molecule has 0 heterocycles. The third-order valence-corrected chi connectivity index (χ3v) is 10.2. The van der Waals surface area contributed by atoms with Crippen LogP contribution in [0.5, 0.6) is 11.5 Å². The molecule has 1 fully saturated rings. The number of ether oxygens (including phenoxy) is 2. The molecule has 4 aromatic rings. The molecule has 0 aliphatic heterocycles. The van der Waals surface area contributed by atoms with Crippen molar-refractivity contribution in [1.29, 1.82) is 0 Å². The molecule has 2 unspecified atom stereocenters. The highest BCUT2D eigenvalue weighted by Gasteiger charge is 2.42. The molecule has 1 saturated carbocycles. The number of amides is 4. The Balaban J connectivity index is 1.06. The molecule has 0 bridgehead atoms. The molecule has 4 amide bonds. The number of anilines is 2. The summed E-state index contributed by atoms with van der Waals surface area (Å²) < 4.78 is 10.7. The molecule has 1 aliphatic carbocycles. The zero-order chi connectivity index (χ0) is 46.4. The van der Waals surface area contributed by atoms with E-state index in [0.717, 1.165) is 17.5 Å². The van der Waals surface area contributed by atoms with Crippen LogP contribution in [0.1, 0.15) is 76.1 Å². The van der Waals surface area contributed by atoms with Crippen LogP contribution in [0.3, 0.4) is 0 Å². The lowest BCUT2D eigenvalue weighted by Crippen LogP contribution is -2.50. The lowest BCUT2D eigenvalue weighted by atomic mass is 9.62. The largest absolute Gasteiger partial charge is 0.433 e. The first-order chi connectivity index (χ1) is 30.4. The number of isocyanates is 2. The SMILES string of the molecule is C/C(=N\OC(=O)NCC1(C)CC(NC(=O)O/N=C(\C)c2ccc(OC(=O)Nc3ccc(C)c(N=C=O)c3)cc2)CC(C)(C)C1)c1ccc(OC(=O)Nc2ccc(C)c(N=C=O)c2)cc1. The number of nitrogens with one attached hydrogen (secondary N) is 4. The van der Waals surface area contributed by atoms with Crippen molar-refractivity contribution in [1.82, 2.24) is 10.6 Å². The van der Waals surface area contributed by atoms with Crippen molar-refractivity contribution in [3.05, 3.63) is 107 Å². The van der Waals surface area contributed by atoms with Crippen molar-refractivity contribution in [2.24, 2.45) is 31.1 Å². The molecule has 0 spiro atoms. The van der Waals surface area contributed by atoms with E-state index >= 15 is 0 Å². The summed E-state index contributed by atoms with van der Waals surface area (Å²) in [4.78, 5) is 89.4. The van der Waals surface area contributed by atoms with Crippen LogP contribution in [-0.4, -0.2) is 60.5 Å². The second-order valence-corrected chi connectivity index (χ2v) is 16.4. The first-order valence-corrected chi connectivity index (χ1v) is 20.0. The number of hydrogen-bond acceptors (Lipinski definition) is 14. The van der Waals surface area contributed by atoms with Gasteiger partial charge in [-0.25, -0.2) is 28.8 Å². The van der Waals surface area contributed by atoms with Gasteiger partial charge in [0.25, 0.3) is 0 Å². The first-order valence-electron chi connectivity index (χ1n) is 20.0. The highest BCUT2D eigenvalue weighted by Crippen LogP contribution is 2.46. The summed E-state index contributed by atoms with van der Waals surface area (Å²) in [6.07, 6.45) is 1.95. The molecule has 0 aromatic heterocycles. The van der Waals surface area contributed by atoms with Gasteiger partial charge in [-0.15, -0.1) is 0 Å². The average Bonchev–Trinajstić information content (AvgIpc) is 3.23. The smallest absolute Gasteiger partial charge is 0.410 e. The van der Waals surface area contributed by atoms with E-state index in [2.05, 4.69) is 55.4 Å². The molecule has 5 rings (SSSR count). The van der Waals surface area contributed by atoms with Crippen LogP contribution in [0.4, 0.5) is 41.9 Å². The Morgan fingerprint density at radius 2 is 1.09 bits per heavy atom. The van der Waals surface area contributed by atoms with Gasteiger partial charge in [-0.05, 0) is 153 Å². The highest BCUT2D eigenvalue weighted by atomic mass is 16.7. The lowest BCUT2D eigenvalue weighted by molar-refractivity contribution is 0.0630. The molecule has 0 saturated heterocycles. The number of hydrogen-bond donors (Lipinski definition) is 4. The first kappa shape index (κ1) is 47.1. The van der Waals surface area contributed by atoms with Gasteiger partial charge < -0.3 is 20.1 Å². The number of benzene rings is 4. The van der Waals surface area contributed by atoms with Crippen LogP contribution in [0.2, 0.25) is 0 Å². The quantitative estimate of drug-likeness (QED) is 0.0429. The molecule has 64 heavy (non-hydrogen) atoms. The van der Waals surface area contributed by atoms with E-state index in [-0.39, 0.29) is 29.5 Å². The Morgan fingerprint density at radius 1 is 0.641 bits per heavy atom. The molecule has 18 heteroatoms. The summed E-state index contributed by atoms with van der Waals surface area (Å²) in [7, 11) is 0. The Hall–Kier alpha value is -7.94. The lowest BCUT2D eigenvalue weighted by Gasteiger charge is -2.46. The molecule has 4 aromatic carbocycles. The Morgan fingerprint density at radius 3 is 1.55 bits per heavy atom. The summed E-state index contributed by atoms with van der Waals surface area (Å²) in [6, 6.07) is 22.3. The maximum atomic E-state index is 12.9. The number of aliphatic imine (C=N–C) groups is 2. The van der Waals surface area contributed by atoms with Gasteiger partial charge >= 0.3 is 24.4 Å². The number of carbonyl (C=O) groups is 4. The van der Waals surface area contributed by atoms with Crippen molar-refractivity contribution in [2.45, 2.75) is 73.8 Å². The summed E-state index contributed by atoms with van der Waals surface area (Å²) in [6.45, 7) is 13.3. The fourth-order valence-corrected chi connectivity index (χ4v) is 7.45. The maximum Gasteiger partial charge on any atom is 0.433 e. The minimum Gasteiger partial charge on any atom is -0.410 e. The summed E-state index contributed by atoms with van der Waals surface area (Å²) in [5.41, 5.74) is 4.44. The molecular formula is C46H48N8O10. The van der Waals surface area contributed by atoms with Crippen LogP contribution >= 0.6 is 0 Å². The van der Waals surface area contributed by atoms with Gasteiger partial charge in [0.15, 0.2) is 0 Å². The Kier molecular flexibility index (Phi) is 15.6. The molecule has 332 valence electrons. The monoisotopic (exact) mass is 872 g/mol. The van der Waals surface area contributed by atoms with Crippen molar-refractivity contribution in [3.8, 4) is 11.5 Å². The van der Waals surface area contributed by atoms with E-state index in [9.17, 15) is 28.8 Å². The molecule has 0 radical (unpaired) electrons. The second-order valence-electron chi connectivity index (χ2n) is 16.4. The van der Waals surface area contributed by atoms with Gasteiger partial charge in [-0.1, -0.05) is 43.2 Å². The fourth-order valence-electron chi connectivity index (χ4n) is 7.45. The number of nitrogens with zero attached hydrogens (tertiary/aromatic N) is 4. The summed E-state index contributed by atoms with van der Waals surface area (Å²) in [5, 5.41) is 18.8. The van der Waals surface area contributed by atoms with Crippen LogP contribution in [0.15, 0.2) is 105 Å². The predicted octanol–water partition coefficient (Wildman–Crippen LogP) is 9.65. The molecular weight excluding hydrogens is 825 g/mol. The number of oxime groups is 2. The van der Waals surface area contributed by atoms with E-state index in [1.165, 1.54) is 24.3 Å².